The largest absolute Gasteiger partial charge is 0.491 e. The van der Waals surface area contributed by atoms with Gasteiger partial charge in [0, 0.05) is 17.3 Å². The maximum atomic E-state index is 12.5. The van der Waals surface area contributed by atoms with Crippen molar-refractivity contribution in [3.8, 4) is 5.75 Å². The van der Waals surface area contributed by atoms with Gasteiger partial charge < -0.3 is 21.1 Å². The van der Waals surface area contributed by atoms with E-state index in [1.807, 2.05) is 62.4 Å². The molecule has 1 amide bonds. The number of nitrogens with two attached hydrogens (primary N) is 1. The number of benzene rings is 2. The summed E-state index contributed by atoms with van der Waals surface area (Å²) in [7, 11) is 0. The fourth-order valence-electron chi connectivity index (χ4n) is 3.61. The van der Waals surface area contributed by atoms with Gasteiger partial charge in [-0.15, -0.1) is 0 Å². The summed E-state index contributed by atoms with van der Waals surface area (Å²) in [5.74, 6) is 1.42. The van der Waals surface area contributed by atoms with E-state index in [0.29, 0.717) is 12.5 Å². The van der Waals surface area contributed by atoms with Gasteiger partial charge in [-0.25, -0.2) is 4.99 Å². The quantitative estimate of drug-likeness (QED) is 0.448. The number of hydrogen-bond acceptors (Lipinski definition) is 3. The Morgan fingerprint density at radius 3 is 2.50 bits per heavy atom. The topological polar surface area (TPSA) is 88.7 Å². The molecule has 3 rings (SSSR count). The first-order chi connectivity index (χ1) is 14.5. The van der Waals surface area contributed by atoms with Crippen molar-refractivity contribution in [2.45, 2.75) is 58.6 Å². The number of nitrogens with zero attached hydrogens (tertiary/aromatic N) is 1. The first kappa shape index (κ1) is 21.7. The van der Waals surface area contributed by atoms with E-state index < -0.39 is 0 Å². The normalized spacial score (nSPS) is 15.1. The zero-order valence-electron chi connectivity index (χ0n) is 17.9. The van der Waals surface area contributed by atoms with Crippen LogP contribution in [-0.2, 0) is 11.3 Å². The molecule has 1 fully saturated rings. The van der Waals surface area contributed by atoms with E-state index in [1.165, 1.54) is 6.42 Å². The Labute approximate surface area is 178 Å². The highest BCUT2D eigenvalue weighted by atomic mass is 16.5. The third-order valence-electron chi connectivity index (χ3n) is 5.10. The molecule has 0 saturated heterocycles. The molecule has 0 bridgehead atoms. The van der Waals surface area contributed by atoms with Crippen LogP contribution in [0.4, 0.5) is 11.4 Å². The Morgan fingerprint density at radius 1 is 1.07 bits per heavy atom. The Morgan fingerprint density at radius 2 is 1.80 bits per heavy atom. The lowest BCUT2D eigenvalue weighted by molar-refractivity contribution is -0.120. The Hall–Kier alpha value is -3.02. The SMILES string of the molecule is CC(C)Oc1ccc(NC(N)=NCc2cccc(NC(=O)C3CCCCC3)c2)cc1. The van der Waals surface area contributed by atoms with Crippen LogP contribution in [0.3, 0.4) is 0 Å². The minimum absolute atomic E-state index is 0.126. The van der Waals surface area contributed by atoms with Crippen molar-refractivity contribution in [1.82, 2.24) is 0 Å². The fourth-order valence-corrected chi connectivity index (χ4v) is 3.61. The highest BCUT2D eigenvalue weighted by Crippen LogP contribution is 2.25. The van der Waals surface area contributed by atoms with E-state index in [0.717, 1.165) is 48.4 Å². The van der Waals surface area contributed by atoms with Crippen LogP contribution in [-0.4, -0.2) is 18.0 Å². The average molecular weight is 409 g/mol. The summed E-state index contributed by atoms with van der Waals surface area (Å²) < 4.78 is 5.64. The molecule has 1 saturated carbocycles. The van der Waals surface area contributed by atoms with E-state index in [1.54, 1.807) is 0 Å². The number of aliphatic imine (C=N–C) groups is 1. The summed E-state index contributed by atoms with van der Waals surface area (Å²) >= 11 is 0. The minimum atomic E-state index is 0.126. The number of hydrogen-bond donors (Lipinski definition) is 3. The molecule has 6 nitrogen and oxygen atoms in total. The van der Waals surface area contributed by atoms with Crippen molar-refractivity contribution in [3.63, 3.8) is 0 Å². The van der Waals surface area contributed by atoms with Crippen LogP contribution in [0.1, 0.15) is 51.5 Å². The van der Waals surface area contributed by atoms with Crippen molar-refractivity contribution in [3.05, 3.63) is 54.1 Å². The van der Waals surface area contributed by atoms with Gasteiger partial charge in [0.15, 0.2) is 5.96 Å². The Kier molecular flexibility index (Phi) is 7.71. The average Bonchev–Trinajstić information content (AvgIpc) is 2.74. The number of nitrogens with one attached hydrogen (secondary N) is 2. The van der Waals surface area contributed by atoms with Crippen LogP contribution < -0.4 is 21.1 Å². The second kappa shape index (κ2) is 10.7. The second-order valence-electron chi connectivity index (χ2n) is 8.04. The van der Waals surface area contributed by atoms with Gasteiger partial charge in [-0.2, -0.15) is 0 Å². The molecule has 0 spiro atoms. The molecule has 0 aromatic heterocycles. The zero-order chi connectivity index (χ0) is 21.3. The van der Waals surface area contributed by atoms with E-state index in [2.05, 4.69) is 15.6 Å². The summed E-state index contributed by atoms with van der Waals surface area (Å²) in [5, 5.41) is 6.14. The molecule has 0 radical (unpaired) electrons. The van der Waals surface area contributed by atoms with Gasteiger partial charge in [-0.1, -0.05) is 31.4 Å². The van der Waals surface area contributed by atoms with Gasteiger partial charge >= 0.3 is 0 Å². The molecular formula is C24H32N4O2. The lowest BCUT2D eigenvalue weighted by Crippen LogP contribution is -2.24. The minimum Gasteiger partial charge on any atom is -0.491 e. The Balaban J connectivity index is 1.53. The molecule has 4 N–H and O–H groups in total. The van der Waals surface area contributed by atoms with E-state index >= 15 is 0 Å². The van der Waals surface area contributed by atoms with Crippen LogP contribution in [0.25, 0.3) is 0 Å². The number of carbonyl (C=O) groups excluding carboxylic acids is 1. The number of amides is 1. The summed E-state index contributed by atoms with van der Waals surface area (Å²) in [4.78, 5) is 16.9. The maximum Gasteiger partial charge on any atom is 0.227 e. The van der Waals surface area contributed by atoms with E-state index in [9.17, 15) is 4.79 Å². The van der Waals surface area contributed by atoms with Gasteiger partial charge in [-0.3, -0.25) is 4.79 Å². The highest BCUT2D eigenvalue weighted by Gasteiger charge is 2.20. The van der Waals surface area contributed by atoms with Gasteiger partial charge in [0.25, 0.3) is 0 Å². The van der Waals surface area contributed by atoms with Gasteiger partial charge in [0.1, 0.15) is 5.75 Å². The van der Waals surface area contributed by atoms with Gasteiger partial charge in [0.05, 0.1) is 12.6 Å². The predicted octanol–water partition coefficient (Wildman–Crippen LogP) is 4.92. The van der Waals surface area contributed by atoms with Crippen LogP contribution in [0.5, 0.6) is 5.75 Å². The molecular weight excluding hydrogens is 376 g/mol. The zero-order valence-corrected chi connectivity index (χ0v) is 17.9. The van der Waals surface area contributed by atoms with E-state index in [4.69, 9.17) is 10.5 Å². The third kappa shape index (κ3) is 6.79. The number of guanidine groups is 1. The Bertz CT molecular complexity index is 856. The number of anilines is 2. The number of rotatable bonds is 7. The summed E-state index contributed by atoms with van der Waals surface area (Å²) in [6.07, 6.45) is 5.64. The second-order valence-corrected chi connectivity index (χ2v) is 8.04. The first-order valence-corrected chi connectivity index (χ1v) is 10.7. The smallest absolute Gasteiger partial charge is 0.227 e. The molecule has 1 aliphatic carbocycles. The van der Waals surface area contributed by atoms with E-state index in [-0.39, 0.29) is 17.9 Å². The molecule has 2 aromatic carbocycles. The fraction of sp³-hybridized carbons (Fsp3) is 0.417. The lowest BCUT2D eigenvalue weighted by atomic mass is 9.88. The molecule has 1 aliphatic rings. The van der Waals surface area contributed by atoms with Crippen molar-refractivity contribution < 1.29 is 9.53 Å². The monoisotopic (exact) mass is 408 g/mol. The van der Waals surface area contributed by atoms with Crippen molar-refractivity contribution >= 4 is 23.2 Å². The third-order valence-corrected chi connectivity index (χ3v) is 5.10. The summed E-state index contributed by atoms with van der Waals surface area (Å²) in [5.41, 5.74) is 8.67. The van der Waals surface area contributed by atoms with Crippen molar-refractivity contribution in [2.24, 2.45) is 16.6 Å². The van der Waals surface area contributed by atoms with Crippen LogP contribution in [0.2, 0.25) is 0 Å². The summed E-state index contributed by atoms with van der Waals surface area (Å²) in [6, 6.07) is 15.4. The molecule has 0 heterocycles. The van der Waals surface area contributed by atoms with Crippen molar-refractivity contribution in [1.29, 1.82) is 0 Å². The molecule has 0 atom stereocenters. The van der Waals surface area contributed by atoms with Gasteiger partial charge in [0.2, 0.25) is 5.91 Å². The molecule has 0 unspecified atom stereocenters. The van der Waals surface area contributed by atoms with Crippen LogP contribution >= 0.6 is 0 Å². The molecule has 2 aromatic rings. The summed E-state index contributed by atoms with van der Waals surface area (Å²) in [6.45, 7) is 4.42. The van der Waals surface area contributed by atoms with Crippen LogP contribution in [0.15, 0.2) is 53.5 Å². The van der Waals surface area contributed by atoms with Gasteiger partial charge in [-0.05, 0) is 68.7 Å². The highest BCUT2D eigenvalue weighted by molar-refractivity contribution is 5.93. The van der Waals surface area contributed by atoms with Crippen LogP contribution in [0, 0.1) is 5.92 Å². The first-order valence-electron chi connectivity index (χ1n) is 10.7. The number of carbonyl (C=O) groups is 1. The molecule has 6 heteroatoms. The maximum absolute atomic E-state index is 12.5. The predicted molar refractivity (Wildman–Crippen MR) is 123 cm³/mol. The molecule has 0 aliphatic heterocycles. The standard InChI is InChI=1S/C24H32N4O2/c1-17(2)30-22-13-11-20(12-14-22)28-24(25)26-16-18-7-6-10-21(15-18)27-23(29)19-8-4-3-5-9-19/h6-7,10-15,17,19H,3-5,8-9,16H2,1-2H3,(H,27,29)(H3,25,26,28). The number of ether oxygens (including phenoxy) is 1. The lowest BCUT2D eigenvalue weighted by Gasteiger charge is -2.20. The molecule has 30 heavy (non-hydrogen) atoms. The molecule has 160 valence electrons. The van der Waals surface area contributed by atoms with Crippen molar-refractivity contribution in [2.75, 3.05) is 10.6 Å².